The number of hydrogen-bond donors (Lipinski definition) is 2. The van der Waals surface area contributed by atoms with Crippen molar-refractivity contribution < 1.29 is 10.0 Å². The first-order chi connectivity index (χ1) is 15.5. The SMILES string of the molecule is CC1CN(Cc2ccc(C(=O)NO)cc2)CC(C)N1Cc1ccccc1-c1ccncc1. The van der Waals surface area contributed by atoms with E-state index < -0.39 is 5.91 Å². The minimum absolute atomic E-state index is 0.420. The van der Waals surface area contributed by atoms with Crippen molar-refractivity contribution in [3.63, 3.8) is 0 Å². The molecule has 0 radical (unpaired) electrons. The summed E-state index contributed by atoms with van der Waals surface area (Å²) in [6.07, 6.45) is 3.69. The van der Waals surface area contributed by atoms with Crippen LogP contribution >= 0.6 is 0 Å². The smallest absolute Gasteiger partial charge is 0.274 e. The fourth-order valence-corrected chi connectivity index (χ4v) is 4.66. The number of pyridine rings is 1. The maximum absolute atomic E-state index is 11.5. The highest BCUT2D eigenvalue weighted by Crippen LogP contribution is 2.27. The molecule has 166 valence electrons. The molecule has 1 saturated heterocycles. The Labute approximate surface area is 189 Å². The average molecular weight is 431 g/mol. The normalized spacial score (nSPS) is 19.6. The number of hydroxylamine groups is 1. The van der Waals surface area contributed by atoms with E-state index in [9.17, 15) is 4.79 Å². The third kappa shape index (κ3) is 5.05. The molecule has 1 aliphatic heterocycles. The Bertz CT molecular complexity index is 1030. The maximum Gasteiger partial charge on any atom is 0.274 e. The number of benzene rings is 2. The van der Waals surface area contributed by atoms with Gasteiger partial charge in [-0.3, -0.25) is 24.8 Å². The summed E-state index contributed by atoms with van der Waals surface area (Å²) in [5, 5.41) is 8.77. The molecule has 6 nitrogen and oxygen atoms in total. The van der Waals surface area contributed by atoms with Crippen LogP contribution in [0.5, 0.6) is 0 Å². The van der Waals surface area contributed by atoms with Gasteiger partial charge in [-0.15, -0.1) is 0 Å². The van der Waals surface area contributed by atoms with Gasteiger partial charge < -0.3 is 0 Å². The summed E-state index contributed by atoms with van der Waals surface area (Å²) in [6, 6.07) is 21.0. The molecule has 6 heteroatoms. The van der Waals surface area contributed by atoms with E-state index in [1.54, 1.807) is 17.6 Å². The largest absolute Gasteiger partial charge is 0.296 e. The van der Waals surface area contributed by atoms with Gasteiger partial charge in [0.05, 0.1) is 0 Å². The van der Waals surface area contributed by atoms with Crippen LogP contribution in [0.2, 0.25) is 0 Å². The molecule has 0 bridgehead atoms. The first kappa shape index (κ1) is 22.1. The third-order valence-electron chi connectivity index (χ3n) is 6.26. The molecule has 2 aromatic carbocycles. The van der Waals surface area contributed by atoms with Gasteiger partial charge in [0.1, 0.15) is 0 Å². The fraction of sp³-hybridized carbons (Fsp3) is 0.308. The number of aromatic nitrogens is 1. The maximum atomic E-state index is 11.5. The summed E-state index contributed by atoms with van der Waals surface area (Å²) < 4.78 is 0. The second-order valence-electron chi connectivity index (χ2n) is 8.60. The third-order valence-corrected chi connectivity index (χ3v) is 6.26. The Morgan fingerprint density at radius 2 is 1.62 bits per heavy atom. The van der Waals surface area contributed by atoms with Crippen LogP contribution in [0.15, 0.2) is 73.1 Å². The van der Waals surface area contributed by atoms with Crippen LogP contribution in [0, 0.1) is 0 Å². The quantitative estimate of drug-likeness (QED) is 0.458. The van der Waals surface area contributed by atoms with Gasteiger partial charge in [0.25, 0.3) is 5.91 Å². The number of rotatable bonds is 6. The molecule has 1 aromatic heterocycles. The lowest BCUT2D eigenvalue weighted by atomic mass is 9.98. The molecule has 3 aromatic rings. The Balaban J connectivity index is 1.43. The highest BCUT2D eigenvalue weighted by atomic mass is 16.5. The van der Waals surface area contributed by atoms with E-state index in [0.717, 1.165) is 31.7 Å². The molecule has 2 heterocycles. The van der Waals surface area contributed by atoms with E-state index in [1.165, 1.54) is 16.7 Å². The van der Waals surface area contributed by atoms with Gasteiger partial charge in [0.2, 0.25) is 0 Å². The topological polar surface area (TPSA) is 68.7 Å². The van der Waals surface area contributed by atoms with Gasteiger partial charge in [-0.05, 0) is 60.4 Å². The van der Waals surface area contributed by atoms with Crippen molar-refractivity contribution in [2.24, 2.45) is 0 Å². The zero-order valence-electron chi connectivity index (χ0n) is 18.6. The standard InChI is InChI=1S/C26H30N4O2/c1-19-15-29(17-21-7-9-23(10-8-21)26(31)28-32)16-20(2)30(19)18-24-5-3-4-6-25(24)22-11-13-27-14-12-22/h3-14,19-20,32H,15-18H2,1-2H3,(H,28,31). The van der Waals surface area contributed by atoms with Gasteiger partial charge in [-0.25, -0.2) is 5.48 Å². The first-order valence-electron chi connectivity index (χ1n) is 11.0. The van der Waals surface area contributed by atoms with Gasteiger partial charge in [-0.1, -0.05) is 36.4 Å². The summed E-state index contributed by atoms with van der Waals surface area (Å²) >= 11 is 0. The van der Waals surface area contributed by atoms with E-state index in [1.807, 2.05) is 24.5 Å². The minimum atomic E-state index is -0.487. The predicted molar refractivity (Wildman–Crippen MR) is 125 cm³/mol. The molecule has 4 rings (SSSR count). The van der Waals surface area contributed by atoms with Crippen molar-refractivity contribution in [2.45, 2.75) is 39.0 Å². The lowest BCUT2D eigenvalue weighted by Gasteiger charge is -2.44. The van der Waals surface area contributed by atoms with Crippen LogP contribution < -0.4 is 5.48 Å². The second-order valence-corrected chi connectivity index (χ2v) is 8.60. The molecule has 32 heavy (non-hydrogen) atoms. The van der Waals surface area contributed by atoms with Crippen LogP contribution in [0.1, 0.15) is 35.3 Å². The number of amides is 1. The van der Waals surface area contributed by atoms with Crippen molar-refractivity contribution in [3.8, 4) is 11.1 Å². The zero-order chi connectivity index (χ0) is 22.5. The molecule has 1 fully saturated rings. The van der Waals surface area contributed by atoms with E-state index in [4.69, 9.17) is 5.21 Å². The summed E-state index contributed by atoms with van der Waals surface area (Å²) in [5.74, 6) is -0.487. The van der Waals surface area contributed by atoms with Crippen LogP contribution in [0.4, 0.5) is 0 Å². The first-order valence-corrected chi connectivity index (χ1v) is 11.0. The number of hydrogen-bond acceptors (Lipinski definition) is 5. The highest BCUT2D eigenvalue weighted by molar-refractivity contribution is 5.93. The van der Waals surface area contributed by atoms with Crippen molar-refractivity contribution in [3.05, 3.63) is 89.7 Å². The summed E-state index contributed by atoms with van der Waals surface area (Å²) in [7, 11) is 0. The zero-order valence-corrected chi connectivity index (χ0v) is 18.6. The molecular formula is C26H30N4O2. The lowest BCUT2D eigenvalue weighted by molar-refractivity contribution is 0.0291. The summed E-state index contributed by atoms with van der Waals surface area (Å²) in [5.41, 5.74) is 7.10. The number of carbonyl (C=O) groups excluding carboxylic acids is 1. The van der Waals surface area contributed by atoms with E-state index in [2.05, 4.69) is 65.0 Å². The van der Waals surface area contributed by atoms with E-state index >= 15 is 0 Å². The number of nitrogens with one attached hydrogen (secondary N) is 1. The van der Waals surface area contributed by atoms with Gasteiger partial charge in [-0.2, -0.15) is 0 Å². The van der Waals surface area contributed by atoms with E-state index in [-0.39, 0.29) is 0 Å². The Morgan fingerprint density at radius 1 is 0.969 bits per heavy atom. The second kappa shape index (κ2) is 10.0. The van der Waals surface area contributed by atoms with Gasteiger partial charge >= 0.3 is 0 Å². The molecule has 2 unspecified atom stereocenters. The monoisotopic (exact) mass is 430 g/mol. The Morgan fingerprint density at radius 3 is 2.28 bits per heavy atom. The Hall–Kier alpha value is -3.06. The lowest BCUT2D eigenvalue weighted by Crippen LogP contribution is -2.55. The molecule has 1 amide bonds. The minimum Gasteiger partial charge on any atom is -0.296 e. The molecule has 2 atom stereocenters. The number of carbonyl (C=O) groups is 1. The van der Waals surface area contributed by atoms with Crippen molar-refractivity contribution in [2.75, 3.05) is 13.1 Å². The molecule has 0 spiro atoms. The van der Waals surface area contributed by atoms with Crippen molar-refractivity contribution in [1.29, 1.82) is 0 Å². The summed E-state index contributed by atoms with van der Waals surface area (Å²) in [4.78, 5) is 20.7. The van der Waals surface area contributed by atoms with Gasteiger partial charge in [0, 0.05) is 56.2 Å². The van der Waals surface area contributed by atoms with Crippen LogP contribution in [-0.2, 0) is 13.1 Å². The molecular weight excluding hydrogens is 400 g/mol. The van der Waals surface area contributed by atoms with Crippen molar-refractivity contribution >= 4 is 5.91 Å². The average Bonchev–Trinajstić information content (AvgIpc) is 2.82. The number of nitrogens with zero attached hydrogens (tertiary/aromatic N) is 3. The molecule has 0 saturated carbocycles. The highest BCUT2D eigenvalue weighted by Gasteiger charge is 2.29. The van der Waals surface area contributed by atoms with Crippen LogP contribution in [0.25, 0.3) is 11.1 Å². The Kier molecular flexibility index (Phi) is 6.95. The number of piperazine rings is 1. The molecule has 1 aliphatic rings. The van der Waals surface area contributed by atoms with Gasteiger partial charge in [0.15, 0.2) is 0 Å². The van der Waals surface area contributed by atoms with Crippen LogP contribution in [-0.4, -0.2) is 51.1 Å². The summed E-state index contributed by atoms with van der Waals surface area (Å²) in [6.45, 7) is 8.33. The van der Waals surface area contributed by atoms with Crippen LogP contribution in [0.3, 0.4) is 0 Å². The fourth-order valence-electron chi connectivity index (χ4n) is 4.66. The predicted octanol–water partition coefficient (Wildman–Crippen LogP) is 3.96. The van der Waals surface area contributed by atoms with Crippen molar-refractivity contribution in [1.82, 2.24) is 20.3 Å². The van der Waals surface area contributed by atoms with E-state index in [0.29, 0.717) is 17.6 Å². The molecule has 0 aliphatic carbocycles. The molecule has 2 N–H and O–H groups in total.